The lowest BCUT2D eigenvalue weighted by molar-refractivity contribution is -0.137. The summed E-state index contributed by atoms with van der Waals surface area (Å²) < 4.78 is 28.5. The zero-order valence-electron chi connectivity index (χ0n) is 27.1. The van der Waals surface area contributed by atoms with E-state index >= 15 is 0 Å². The van der Waals surface area contributed by atoms with Gasteiger partial charge in [-0.3, -0.25) is 14.5 Å². The number of nitrogens with one attached hydrogen (secondary N) is 1. The molecule has 1 aliphatic rings. The number of aromatic nitrogens is 3. The number of nitrogens with zero attached hydrogens (tertiary/aromatic N) is 4. The molecule has 0 unspecified atom stereocenters. The van der Waals surface area contributed by atoms with Crippen LogP contribution in [0.15, 0.2) is 70.7 Å². The second kappa shape index (κ2) is 12.4. The second-order valence-corrected chi connectivity index (χ2v) is 14.3. The molecule has 47 heavy (non-hydrogen) atoms. The van der Waals surface area contributed by atoms with Gasteiger partial charge in [-0.15, -0.1) is 0 Å². The van der Waals surface area contributed by atoms with Crippen LogP contribution in [0.3, 0.4) is 0 Å². The molecule has 0 spiro atoms. The van der Waals surface area contributed by atoms with Gasteiger partial charge in [-0.2, -0.15) is 0 Å². The quantitative estimate of drug-likeness (QED) is 0.222. The van der Waals surface area contributed by atoms with Crippen molar-refractivity contribution in [1.82, 2.24) is 24.8 Å². The lowest BCUT2D eigenvalue weighted by atomic mass is 9.92. The minimum Gasteiger partial charge on any atom is -0.481 e. The van der Waals surface area contributed by atoms with Gasteiger partial charge in [-0.25, -0.2) is 18.4 Å². The van der Waals surface area contributed by atoms with E-state index in [4.69, 9.17) is 9.97 Å². The maximum absolute atomic E-state index is 14.3. The van der Waals surface area contributed by atoms with Crippen LogP contribution in [-0.4, -0.2) is 77.3 Å². The maximum Gasteiger partial charge on any atom is 0.304 e. The van der Waals surface area contributed by atoms with Gasteiger partial charge in [0.15, 0.2) is 10.7 Å². The average Bonchev–Trinajstić information content (AvgIpc) is 3.45. The summed E-state index contributed by atoms with van der Waals surface area (Å²) in [5.41, 5.74) is 8.67. The molecule has 6 rings (SSSR count). The molecule has 10 nitrogen and oxygen atoms in total. The molecular formula is C36H37N5O5S. The fraction of sp³-hybridized carbons (Fsp3) is 0.278. The van der Waals surface area contributed by atoms with Gasteiger partial charge in [0, 0.05) is 56.6 Å². The highest BCUT2D eigenvalue weighted by atomic mass is 32.2. The minimum absolute atomic E-state index is 0.0507. The van der Waals surface area contributed by atoms with Crippen LogP contribution in [0, 0.1) is 20.8 Å². The van der Waals surface area contributed by atoms with Gasteiger partial charge in [-0.1, -0.05) is 24.3 Å². The van der Waals surface area contributed by atoms with Crippen LogP contribution in [-0.2, 0) is 27.6 Å². The van der Waals surface area contributed by atoms with Crippen molar-refractivity contribution in [2.24, 2.45) is 0 Å². The minimum atomic E-state index is -4.09. The number of carbonyl (C=O) groups is 2. The second-order valence-electron chi connectivity index (χ2n) is 12.4. The molecule has 0 radical (unpaired) electrons. The first-order chi connectivity index (χ1) is 22.3. The third-order valence-corrected chi connectivity index (χ3v) is 10.4. The Kier molecular flexibility index (Phi) is 8.46. The number of aryl methyl sites for hydroxylation is 3. The van der Waals surface area contributed by atoms with Crippen molar-refractivity contribution in [2.75, 3.05) is 27.2 Å². The van der Waals surface area contributed by atoms with Crippen LogP contribution in [0.5, 0.6) is 0 Å². The molecule has 0 aliphatic carbocycles. The van der Waals surface area contributed by atoms with E-state index in [-0.39, 0.29) is 27.9 Å². The summed E-state index contributed by atoms with van der Waals surface area (Å²) in [6.07, 6.45) is 2.58. The van der Waals surface area contributed by atoms with Gasteiger partial charge in [-0.05, 0) is 90.9 Å². The third-order valence-electron chi connectivity index (χ3n) is 8.75. The van der Waals surface area contributed by atoms with Crippen molar-refractivity contribution in [2.45, 2.75) is 50.1 Å². The van der Waals surface area contributed by atoms with Crippen LogP contribution in [0.2, 0.25) is 0 Å². The number of benzene rings is 3. The van der Waals surface area contributed by atoms with E-state index in [1.54, 1.807) is 44.6 Å². The number of fused-ring (bicyclic) bond motifs is 2. The first kappa shape index (κ1) is 32.1. The standard InChI is InChI=1S/C36H37N5O5S/c1-21-7-6-8-27(15-21)47(45,46)35-32(25-17-22(2)28-11-13-41(14-12-31(42)43)20-26(28)18-25)38-33-30(19-37-34(33)39-35)24-9-10-29(23(3)16-24)36(44)40(4)5/h6-10,15-19H,11-14,20H2,1-5H3,(H,37,39)(H,42,43). The van der Waals surface area contributed by atoms with Gasteiger partial charge < -0.3 is 15.0 Å². The normalized spacial score (nSPS) is 13.5. The maximum atomic E-state index is 14.3. The summed E-state index contributed by atoms with van der Waals surface area (Å²) >= 11 is 0. The third kappa shape index (κ3) is 6.16. The predicted molar refractivity (Wildman–Crippen MR) is 180 cm³/mol. The van der Waals surface area contributed by atoms with E-state index in [1.807, 2.05) is 51.1 Å². The molecule has 2 aromatic heterocycles. The summed E-state index contributed by atoms with van der Waals surface area (Å²) in [6, 6.07) is 16.3. The van der Waals surface area contributed by atoms with Crippen LogP contribution >= 0.6 is 0 Å². The van der Waals surface area contributed by atoms with Gasteiger partial charge in [0.25, 0.3) is 5.91 Å². The number of carboxylic acids is 1. The molecule has 1 aliphatic heterocycles. The Morgan fingerprint density at radius 1 is 0.979 bits per heavy atom. The van der Waals surface area contributed by atoms with Crippen molar-refractivity contribution < 1.29 is 23.1 Å². The summed E-state index contributed by atoms with van der Waals surface area (Å²) in [7, 11) is -0.665. The average molecular weight is 652 g/mol. The highest BCUT2D eigenvalue weighted by Crippen LogP contribution is 2.37. The van der Waals surface area contributed by atoms with E-state index in [0.717, 1.165) is 46.3 Å². The number of amides is 1. The molecule has 242 valence electrons. The highest BCUT2D eigenvalue weighted by molar-refractivity contribution is 7.91. The van der Waals surface area contributed by atoms with Gasteiger partial charge >= 0.3 is 5.97 Å². The molecule has 3 aromatic carbocycles. The largest absolute Gasteiger partial charge is 0.481 e. The Balaban J connectivity index is 1.54. The van der Waals surface area contributed by atoms with Gasteiger partial charge in [0.1, 0.15) is 11.2 Å². The van der Waals surface area contributed by atoms with Crippen molar-refractivity contribution in [3.8, 4) is 22.4 Å². The lowest BCUT2D eigenvalue weighted by Gasteiger charge is -2.30. The molecule has 0 bridgehead atoms. The molecule has 11 heteroatoms. The molecule has 1 amide bonds. The number of sulfone groups is 1. The van der Waals surface area contributed by atoms with E-state index in [0.29, 0.717) is 35.4 Å². The van der Waals surface area contributed by atoms with E-state index in [2.05, 4.69) is 9.88 Å². The number of H-pyrrole nitrogens is 1. The number of rotatable bonds is 8. The molecule has 5 aromatic rings. The summed E-state index contributed by atoms with van der Waals surface area (Å²) in [5, 5.41) is 9.08. The molecular weight excluding hydrogens is 614 g/mol. The monoisotopic (exact) mass is 651 g/mol. The van der Waals surface area contributed by atoms with E-state index < -0.39 is 15.8 Å². The molecule has 2 N–H and O–H groups in total. The first-order valence-corrected chi connectivity index (χ1v) is 16.9. The molecule has 3 heterocycles. The van der Waals surface area contributed by atoms with Crippen LogP contribution in [0.1, 0.15) is 44.6 Å². The zero-order valence-corrected chi connectivity index (χ0v) is 27.9. The number of hydrogen-bond donors (Lipinski definition) is 2. The Bertz CT molecular complexity index is 2170. The lowest BCUT2D eigenvalue weighted by Crippen LogP contribution is -2.32. The van der Waals surface area contributed by atoms with Crippen molar-refractivity contribution >= 4 is 32.9 Å². The van der Waals surface area contributed by atoms with E-state index in [9.17, 15) is 23.1 Å². The topological polar surface area (TPSA) is 137 Å². The Labute approximate surface area is 274 Å². The Morgan fingerprint density at radius 2 is 1.74 bits per heavy atom. The fourth-order valence-electron chi connectivity index (χ4n) is 6.28. The number of carboxylic acid groups (broad SMARTS) is 1. The SMILES string of the molecule is Cc1cccc(S(=O)(=O)c2nc3[nH]cc(-c4ccc(C(=O)N(C)C)c(C)c4)c3nc2-c2cc(C)c3c(c2)CN(CCC(=O)O)CC3)c1. The number of aliphatic carboxylic acids is 1. The Morgan fingerprint density at radius 3 is 2.45 bits per heavy atom. The smallest absolute Gasteiger partial charge is 0.304 e. The highest BCUT2D eigenvalue weighted by Gasteiger charge is 2.29. The summed E-state index contributed by atoms with van der Waals surface area (Å²) in [6.45, 7) is 7.48. The number of carbonyl (C=O) groups excluding carboxylic acids is 1. The van der Waals surface area contributed by atoms with Crippen molar-refractivity contribution in [3.63, 3.8) is 0 Å². The Hall–Kier alpha value is -4.87. The van der Waals surface area contributed by atoms with Gasteiger partial charge in [0.05, 0.1) is 11.3 Å². The summed E-state index contributed by atoms with van der Waals surface area (Å²) in [5.74, 6) is -0.933. The number of aromatic amines is 1. The molecule has 0 fully saturated rings. The molecule has 0 saturated carbocycles. The predicted octanol–water partition coefficient (Wildman–Crippen LogP) is 5.58. The van der Waals surface area contributed by atoms with Crippen LogP contribution in [0.25, 0.3) is 33.5 Å². The summed E-state index contributed by atoms with van der Waals surface area (Å²) in [4.78, 5) is 40.6. The van der Waals surface area contributed by atoms with Crippen LogP contribution < -0.4 is 0 Å². The first-order valence-electron chi connectivity index (χ1n) is 15.4. The molecule has 0 atom stereocenters. The fourth-order valence-corrected chi connectivity index (χ4v) is 7.73. The number of hydrogen-bond acceptors (Lipinski definition) is 7. The van der Waals surface area contributed by atoms with E-state index in [1.165, 1.54) is 10.5 Å². The van der Waals surface area contributed by atoms with Crippen molar-refractivity contribution in [1.29, 1.82) is 0 Å². The zero-order chi connectivity index (χ0) is 33.6. The van der Waals surface area contributed by atoms with Crippen LogP contribution in [0.4, 0.5) is 0 Å². The van der Waals surface area contributed by atoms with Gasteiger partial charge in [0.2, 0.25) is 9.84 Å². The van der Waals surface area contributed by atoms with Crippen molar-refractivity contribution in [3.05, 3.63) is 94.2 Å². The molecule has 0 saturated heterocycles.